The number of aliphatic hydroxyl groups is 1. The second-order valence-corrected chi connectivity index (χ2v) is 5.74. The largest absolute Gasteiger partial charge is 0.396 e. The van der Waals surface area contributed by atoms with Crippen LogP contribution < -0.4 is 5.32 Å². The van der Waals surface area contributed by atoms with Crippen LogP contribution in [0.4, 0.5) is 0 Å². The van der Waals surface area contributed by atoms with Gasteiger partial charge in [0.15, 0.2) is 0 Å². The average Bonchev–Trinajstić information content (AvgIpc) is 2.64. The molecule has 0 bridgehead atoms. The molecule has 4 nitrogen and oxygen atoms in total. The minimum atomic E-state index is -0.0252. The lowest BCUT2D eigenvalue weighted by molar-refractivity contribution is -0.121. The maximum absolute atomic E-state index is 11.7. The van der Waals surface area contributed by atoms with Crippen LogP contribution >= 0.6 is 23.1 Å². The lowest BCUT2D eigenvalue weighted by Gasteiger charge is -2.16. The molecule has 0 fully saturated rings. The molecule has 0 saturated carbocycles. The first-order chi connectivity index (χ1) is 8.15. The summed E-state index contributed by atoms with van der Waals surface area (Å²) in [5.74, 6) is 0.797. The Morgan fingerprint density at radius 2 is 2.47 bits per heavy atom. The number of thioether (sulfide) groups is 1. The Balaban J connectivity index is 2.41. The number of aromatic nitrogens is 1. The topological polar surface area (TPSA) is 62.2 Å². The first-order valence-corrected chi connectivity index (χ1v) is 7.73. The Bertz CT molecular complexity index is 349. The van der Waals surface area contributed by atoms with Crippen molar-refractivity contribution >= 4 is 29.0 Å². The van der Waals surface area contributed by atoms with Gasteiger partial charge in [0.05, 0.1) is 17.1 Å². The van der Waals surface area contributed by atoms with Gasteiger partial charge in [-0.25, -0.2) is 4.98 Å². The molecule has 2 N–H and O–H groups in total. The van der Waals surface area contributed by atoms with Crippen molar-refractivity contribution in [1.29, 1.82) is 0 Å². The van der Waals surface area contributed by atoms with Crippen molar-refractivity contribution in [3.63, 3.8) is 0 Å². The standard InChI is InChI=1S/C11H18N2O2S2/c1-8-12-10(7-17-8)5-11(15)13-9(3-4-14)6-16-2/h7,9,14H,3-6H2,1-2H3,(H,13,15). The van der Waals surface area contributed by atoms with Crippen LogP contribution in [0, 0.1) is 6.92 Å². The van der Waals surface area contributed by atoms with E-state index in [0.717, 1.165) is 16.5 Å². The maximum Gasteiger partial charge on any atom is 0.226 e. The van der Waals surface area contributed by atoms with Crippen LogP contribution in [0.15, 0.2) is 5.38 Å². The number of aliphatic hydroxyl groups excluding tert-OH is 1. The normalized spacial score (nSPS) is 12.4. The van der Waals surface area contributed by atoms with Gasteiger partial charge in [0.25, 0.3) is 0 Å². The molecule has 0 saturated heterocycles. The van der Waals surface area contributed by atoms with Gasteiger partial charge >= 0.3 is 0 Å². The zero-order valence-electron chi connectivity index (χ0n) is 10.1. The highest BCUT2D eigenvalue weighted by atomic mass is 32.2. The lowest BCUT2D eigenvalue weighted by Crippen LogP contribution is -2.38. The molecule has 0 spiro atoms. The molecule has 0 aromatic carbocycles. The average molecular weight is 274 g/mol. The van der Waals surface area contributed by atoms with Gasteiger partial charge in [-0.1, -0.05) is 0 Å². The first kappa shape index (κ1) is 14.5. The molecular weight excluding hydrogens is 256 g/mol. The number of thiazole rings is 1. The van der Waals surface area contributed by atoms with E-state index in [1.54, 1.807) is 23.1 Å². The summed E-state index contributed by atoms with van der Waals surface area (Å²) in [7, 11) is 0. The summed E-state index contributed by atoms with van der Waals surface area (Å²) in [5.41, 5.74) is 0.817. The Hall–Kier alpha value is -0.590. The molecule has 1 atom stereocenters. The quantitative estimate of drug-likeness (QED) is 0.785. The van der Waals surface area contributed by atoms with Gasteiger partial charge in [-0.15, -0.1) is 11.3 Å². The van der Waals surface area contributed by atoms with E-state index < -0.39 is 0 Å². The highest BCUT2D eigenvalue weighted by molar-refractivity contribution is 7.98. The zero-order chi connectivity index (χ0) is 12.7. The summed E-state index contributed by atoms with van der Waals surface area (Å²) in [6, 6.07) is 0.0437. The summed E-state index contributed by atoms with van der Waals surface area (Å²) >= 11 is 3.21. The highest BCUT2D eigenvalue weighted by Gasteiger charge is 2.12. The van der Waals surface area contributed by atoms with Crippen LogP contribution in [0.3, 0.4) is 0 Å². The van der Waals surface area contributed by atoms with E-state index in [9.17, 15) is 4.79 Å². The summed E-state index contributed by atoms with van der Waals surface area (Å²) < 4.78 is 0. The number of rotatable bonds is 7. The van der Waals surface area contributed by atoms with E-state index in [1.807, 2.05) is 18.6 Å². The van der Waals surface area contributed by atoms with Crippen LogP contribution in [-0.2, 0) is 11.2 Å². The van der Waals surface area contributed by atoms with Gasteiger partial charge in [0, 0.05) is 23.8 Å². The summed E-state index contributed by atoms with van der Waals surface area (Å²) in [5, 5.41) is 14.7. The molecule has 0 radical (unpaired) electrons. The SMILES string of the molecule is CSCC(CCO)NC(=O)Cc1csc(C)n1. The molecule has 6 heteroatoms. The third-order valence-electron chi connectivity index (χ3n) is 2.22. The minimum Gasteiger partial charge on any atom is -0.396 e. The number of aryl methyl sites for hydroxylation is 1. The van der Waals surface area contributed by atoms with Gasteiger partial charge in [-0.3, -0.25) is 4.79 Å². The van der Waals surface area contributed by atoms with E-state index in [1.165, 1.54) is 0 Å². The third-order valence-corrected chi connectivity index (χ3v) is 3.78. The number of nitrogens with one attached hydrogen (secondary N) is 1. The molecular formula is C11H18N2O2S2. The molecule has 96 valence electrons. The highest BCUT2D eigenvalue weighted by Crippen LogP contribution is 2.09. The Morgan fingerprint density at radius 1 is 1.71 bits per heavy atom. The van der Waals surface area contributed by atoms with Crippen LogP contribution in [0.25, 0.3) is 0 Å². The molecule has 1 aromatic heterocycles. The summed E-state index contributed by atoms with van der Waals surface area (Å²) in [4.78, 5) is 16.0. The van der Waals surface area contributed by atoms with E-state index in [-0.39, 0.29) is 18.6 Å². The zero-order valence-corrected chi connectivity index (χ0v) is 11.7. The number of hydrogen-bond donors (Lipinski definition) is 2. The summed E-state index contributed by atoms with van der Waals surface area (Å²) in [6.45, 7) is 2.02. The fraction of sp³-hybridized carbons (Fsp3) is 0.636. The predicted octanol–water partition coefficient (Wildman–Crippen LogP) is 1.22. The van der Waals surface area contributed by atoms with E-state index >= 15 is 0 Å². The van der Waals surface area contributed by atoms with Crippen LogP contribution in [0.1, 0.15) is 17.1 Å². The van der Waals surface area contributed by atoms with Crippen LogP contribution in [0.2, 0.25) is 0 Å². The van der Waals surface area contributed by atoms with Crippen LogP contribution in [0.5, 0.6) is 0 Å². The van der Waals surface area contributed by atoms with Gasteiger partial charge in [-0.05, 0) is 19.6 Å². The molecule has 0 aliphatic heterocycles. The van der Waals surface area contributed by atoms with Gasteiger partial charge in [-0.2, -0.15) is 11.8 Å². The van der Waals surface area contributed by atoms with E-state index in [2.05, 4.69) is 10.3 Å². The number of amides is 1. The lowest BCUT2D eigenvalue weighted by atomic mass is 10.2. The van der Waals surface area contributed by atoms with Crippen molar-refractivity contribution in [2.24, 2.45) is 0 Å². The number of carbonyl (C=O) groups is 1. The Morgan fingerprint density at radius 3 is 3.00 bits per heavy atom. The molecule has 1 heterocycles. The Labute approximate surface area is 110 Å². The number of nitrogens with zero attached hydrogens (tertiary/aromatic N) is 1. The van der Waals surface area contributed by atoms with E-state index in [0.29, 0.717) is 12.8 Å². The number of hydrogen-bond acceptors (Lipinski definition) is 5. The first-order valence-electron chi connectivity index (χ1n) is 5.46. The molecule has 17 heavy (non-hydrogen) atoms. The van der Waals surface area contributed by atoms with Crippen molar-refractivity contribution in [2.45, 2.75) is 25.8 Å². The maximum atomic E-state index is 11.7. The Kier molecular flexibility index (Phi) is 6.54. The monoisotopic (exact) mass is 274 g/mol. The summed E-state index contributed by atoms with van der Waals surface area (Å²) in [6.07, 6.45) is 2.91. The second-order valence-electron chi connectivity index (χ2n) is 3.77. The number of carbonyl (C=O) groups excluding carboxylic acids is 1. The van der Waals surface area contributed by atoms with Crippen molar-refractivity contribution < 1.29 is 9.90 Å². The molecule has 1 amide bonds. The van der Waals surface area contributed by atoms with Crippen molar-refractivity contribution in [1.82, 2.24) is 10.3 Å². The van der Waals surface area contributed by atoms with Gasteiger partial charge in [0.1, 0.15) is 0 Å². The minimum absolute atomic E-state index is 0.0252. The fourth-order valence-corrected chi connectivity index (χ4v) is 2.75. The predicted molar refractivity (Wildman–Crippen MR) is 72.6 cm³/mol. The van der Waals surface area contributed by atoms with E-state index in [4.69, 9.17) is 5.11 Å². The molecule has 0 aliphatic rings. The smallest absolute Gasteiger partial charge is 0.226 e. The third kappa shape index (κ3) is 5.52. The fourth-order valence-electron chi connectivity index (χ4n) is 1.49. The molecule has 1 aromatic rings. The second kappa shape index (κ2) is 7.68. The van der Waals surface area contributed by atoms with Crippen molar-refractivity contribution in [2.75, 3.05) is 18.6 Å². The van der Waals surface area contributed by atoms with Gasteiger partial charge < -0.3 is 10.4 Å². The van der Waals surface area contributed by atoms with Gasteiger partial charge in [0.2, 0.25) is 5.91 Å². The van der Waals surface area contributed by atoms with Crippen LogP contribution in [-0.4, -0.2) is 40.7 Å². The van der Waals surface area contributed by atoms with Crippen molar-refractivity contribution in [3.05, 3.63) is 16.1 Å². The van der Waals surface area contributed by atoms with Crippen molar-refractivity contribution in [3.8, 4) is 0 Å². The molecule has 0 aliphatic carbocycles. The molecule has 1 rings (SSSR count). The molecule has 1 unspecified atom stereocenters.